The average Bonchev–Trinajstić information content (AvgIpc) is 1.61. The number of sulfonamides is 1. The number of hydrogen-bond donors (Lipinski definition) is 6. The number of aliphatic hydroxyl groups is 1. The lowest BCUT2D eigenvalue weighted by Gasteiger charge is -2.42. The molecule has 7 N–H and O–H groups in total. The Morgan fingerprint density at radius 3 is 1.94 bits per heavy atom. The minimum absolute atomic E-state index is 0.0277. The molecule has 22 nitrogen and oxygen atoms in total. The second kappa shape index (κ2) is 28.3. The second-order valence-electron chi connectivity index (χ2n) is 24.0. The predicted octanol–water partition coefficient (Wildman–Crippen LogP) is 6.12. The van der Waals surface area contributed by atoms with Crippen molar-refractivity contribution in [3.8, 4) is 16.9 Å². The number of likely N-dealkylation sites (tertiary alicyclic amines) is 1. The highest BCUT2D eigenvalue weighted by molar-refractivity contribution is 7.90. The average molecular weight is 1210 g/mol. The first-order valence-electron chi connectivity index (χ1n) is 28.5. The molecular formula is C63H81N7O15S. The van der Waals surface area contributed by atoms with Crippen LogP contribution in [0, 0.1) is 39.5 Å². The van der Waals surface area contributed by atoms with Gasteiger partial charge in [-0.3, -0.25) is 33.8 Å². The summed E-state index contributed by atoms with van der Waals surface area (Å²) in [7, 11) is -2.90. The number of esters is 1. The number of nitrogens with one attached hydrogen (secondary N) is 4. The highest BCUT2D eigenvalue weighted by atomic mass is 32.2. The number of Topliss-reactive ketones (excluding diaryl/α,β-unsaturated/α-hetero) is 3. The standard InChI is InChI=1S/C63H81N7O15S/c1-37-20-22-41(23-21-37)29-50(67-56(76)42(32-54(75)84-61(5,6)7)30-44(72)34-66-59(78)83-36-49-47-18-14-12-16-45(47)46-17-13-15-19-48(46)49)57(77)68-63(24-26-70(27-25-63)60(79)85-62(8,9)10)53(74)31-43(51(73)35-71)33-65-58(64)69-86(80,81)55-38(2)28-52(82-11)39(3)40(55)4/h12-23,28,42-43,49-50,71H,24-27,29-36H2,1-11H3,(H,66,78)(H,67,76)(H,68,77)(H3,64,65,69)/t42-,43-,50+/m0/s1. The van der Waals surface area contributed by atoms with Gasteiger partial charge in [-0.25, -0.2) is 22.7 Å². The Bertz CT molecular complexity index is 3300. The lowest BCUT2D eigenvalue weighted by atomic mass is 9.79. The number of benzene rings is 4. The molecule has 0 saturated carbocycles. The molecule has 0 aromatic heterocycles. The molecule has 1 aliphatic heterocycles. The summed E-state index contributed by atoms with van der Waals surface area (Å²) < 4.78 is 51.8. The summed E-state index contributed by atoms with van der Waals surface area (Å²) in [5, 5.41) is 18.2. The first kappa shape index (κ1) is 67.0. The van der Waals surface area contributed by atoms with Gasteiger partial charge in [-0.15, -0.1) is 0 Å². The van der Waals surface area contributed by atoms with Gasteiger partial charge in [0.2, 0.25) is 17.8 Å². The zero-order valence-corrected chi connectivity index (χ0v) is 51.7. The molecule has 4 aromatic rings. The van der Waals surface area contributed by atoms with Gasteiger partial charge in [0.15, 0.2) is 17.3 Å². The molecule has 23 heteroatoms. The fourth-order valence-corrected chi connectivity index (χ4v) is 12.0. The van der Waals surface area contributed by atoms with Gasteiger partial charge in [0, 0.05) is 44.2 Å². The van der Waals surface area contributed by atoms with E-state index < -0.39 is 137 Å². The van der Waals surface area contributed by atoms with E-state index in [0.29, 0.717) is 28.0 Å². The van der Waals surface area contributed by atoms with Crippen molar-refractivity contribution in [1.29, 1.82) is 0 Å². The molecule has 86 heavy (non-hydrogen) atoms. The van der Waals surface area contributed by atoms with Crippen LogP contribution in [0.3, 0.4) is 0 Å². The van der Waals surface area contributed by atoms with Crippen LogP contribution >= 0.6 is 0 Å². The minimum Gasteiger partial charge on any atom is -0.496 e. The molecular weight excluding hydrogens is 1130 g/mol. The predicted molar refractivity (Wildman–Crippen MR) is 321 cm³/mol. The third-order valence-electron chi connectivity index (χ3n) is 15.0. The molecule has 0 radical (unpaired) electrons. The number of hydrogen-bond acceptors (Lipinski definition) is 16. The van der Waals surface area contributed by atoms with Crippen LogP contribution in [0.25, 0.3) is 11.1 Å². The zero-order chi connectivity index (χ0) is 63.5. The van der Waals surface area contributed by atoms with Crippen LogP contribution in [0.2, 0.25) is 0 Å². The van der Waals surface area contributed by atoms with Crippen molar-refractivity contribution < 1.29 is 70.8 Å². The number of ketones is 3. The monoisotopic (exact) mass is 1210 g/mol. The number of amides is 4. The molecule has 4 amide bonds. The molecule has 3 atom stereocenters. The van der Waals surface area contributed by atoms with E-state index in [1.807, 2.05) is 55.5 Å². The van der Waals surface area contributed by atoms with Gasteiger partial charge in [-0.2, -0.15) is 0 Å². The van der Waals surface area contributed by atoms with Crippen molar-refractivity contribution in [2.75, 3.05) is 46.5 Å². The molecule has 1 heterocycles. The summed E-state index contributed by atoms with van der Waals surface area (Å²) in [5.41, 5.74) is 9.17. The Labute approximate surface area is 502 Å². The van der Waals surface area contributed by atoms with Crippen molar-refractivity contribution >= 4 is 63.3 Å². The van der Waals surface area contributed by atoms with E-state index in [1.165, 1.54) is 12.0 Å². The van der Waals surface area contributed by atoms with E-state index in [0.717, 1.165) is 27.8 Å². The van der Waals surface area contributed by atoms with E-state index in [2.05, 4.69) is 25.7 Å². The van der Waals surface area contributed by atoms with Crippen LogP contribution in [0.4, 0.5) is 9.59 Å². The number of carbonyl (C=O) groups is 8. The molecule has 464 valence electrons. The molecule has 6 rings (SSSR count). The van der Waals surface area contributed by atoms with Crippen molar-refractivity contribution in [3.63, 3.8) is 0 Å². The molecule has 1 saturated heterocycles. The van der Waals surface area contributed by atoms with Crippen molar-refractivity contribution in [2.45, 2.75) is 141 Å². The number of nitrogens with two attached hydrogens (primary N) is 1. The highest BCUT2D eigenvalue weighted by Crippen LogP contribution is 2.44. The number of methoxy groups -OCH3 is 1. The number of guanidine groups is 1. The summed E-state index contributed by atoms with van der Waals surface area (Å²) in [6, 6.07) is 22.7. The van der Waals surface area contributed by atoms with Crippen LogP contribution < -0.4 is 31.1 Å². The normalized spacial score (nSPS) is 15.2. The SMILES string of the molecule is COc1cc(C)c(S(=O)(=O)NC(N)=NC[C@H](CC(=O)C2(NC(=O)[C@@H](Cc3ccc(C)cc3)NC(=O)[C@@H](CC(=O)CNC(=O)OCC3c4ccccc4-c4ccccc43)CC(=O)OC(C)(C)C)CCN(C(=O)OC(C)(C)C)CC2)C(=O)CO)c(C)c1C. The van der Waals surface area contributed by atoms with Gasteiger partial charge in [-0.05, 0) is 133 Å². The fraction of sp³-hybridized carbons (Fsp3) is 0.476. The Kier molecular flexibility index (Phi) is 22.1. The van der Waals surface area contributed by atoms with Crippen LogP contribution in [0.1, 0.15) is 119 Å². The van der Waals surface area contributed by atoms with E-state index in [4.69, 9.17) is 24.7 Å². The number of aryl methyl sites for hydroxylation is 2. The van der Waals surface area contributed by atoms with Gasteiger partial charge in [0.1, 0.15) is 41.7 Å². The number of fused-ring (bicyclic) bond motifs is 3. The lowest BCUT2D eigenvalue weighted by molar-refractivity contribution is -0.157. The molecule has 1 fully saturated rings. The summed E-state index contributed by atoms with van der Waals surface area (Å²) in [6.45, 7) is 14.2. The Balaban J connectivity index is 1.24. The van der Waals surface area contributed by atoms with Gasteiger partial charge in [-0.1, -0.05) is 78.4 Å². The van der Waals surface area contributed by atoms with E-state index in [1.54, 1.807) is 92.6 Å². The number of piperidine rings is 1. The Hall–Kier alpha value is -8.18. The molecule has 0 spiro atoms. The first-order valence-corrected chi connectivity index (χ1v) is 29.9. The molecule has 0 bridgehead atoms. The fourth-order valence-electron chi connectivity index (χ4n) is 10.6. The largest absolute Gasteiger partial charge is 0.496 e. The third-order valence-corrected chi connectivity index (χ3v) is 16.7. The number of aliphatic imine (C=N–C) groups is 1. The molecule has 1 aliphatic carbocycles. The minimum atomic E-state index is -4.36. The number of carbonyl (C=O) groups excluding carboxylic acids is 8. The maximum absolute atomic E-state index is 15.1. The number of aliphatic hydroxyl groups excluding tert-OH is 1. The molecule has 0 unspecified atom stereocenters. The van der Waals surface area contributed by atoms with Crippen molar-refractivity contribution in [1.82, 2.24) is 25.6 Å². The van der Waals surface area contributed by atoms with Gasteiger partial charge < -0.3 is 50.6 Å². The Morgan fingerprint density at radius 2 is 1.37 bits per heavy atom. The maximum Gasteiger partial charge on any atom is 0.410 e. The number of ether oxygens (including phenoxy) is 4. The van der Waals surface area contributed by atoms with E-state index >= 15 is 9.59 Å². The number of nitrogens with zero attached hydrogens (tertiary/aromatic N) is 2. The van der Waals surface area contributed by atoms with Gasteiger partial charge >= 0.3 is 18.2 Å². The van der Waals surface area contributed by atoms with Gasteiger partial charge in [0.25, 0.3) is 10.0 Å². The van der Waals surface area contributed by atoms with Crippen LogP contribution in [-0.4, -0.2) is 141 Å². The summed E-state index contributed by atoms with van der Waals surface area (Å²) in [4.78, 5) is 117. The molecule has 2 aliphatic rings. The van der Waals surface area contributed by atoms with Gasteiger partial charge in [0.05, 0.1) is 37.4 Å². The summed E-state index contributed by atoms with van der Waals surface area (Å²) >= 11 is 0. The van der Waals surface area contributed by atoms with Crippen LogP contribution in [0.5, 0.6) is 5.75 Å². The zero-order valence-electron chi connectivity index (χ0n) is 50.8. The van der Waals surface area contributed by atoms with E-state index in [-0.39, 0.29) is 49.8 Å². The highest BCUT2D eigenvalue weighted by Gasteiger charge is 2.46. The number of rotatable bonds is 24. The van der Waals surface area contributed by atoms with Crippen molar-refractivity contribution in [2.24, 2.45) is 22.6 Å². The van der Waals surface area contributed by atoms with Crippen molar-refractivity contribution in [3.05, 3.63) is 118 Å². The first-order chi connectivity index (χ1) is 40.3. The van der Waals surface area contributed by atoms with Crippen LogP contribution in [-0.2, 0) is 59.4 Å². The summed E-state index contributed by atoms with van der Waals surface area (Å²) in [6.07, 6.45) is -4.06. The lowest BCUT2D eigenvalue weighted by Crippen LogP contribution is -2.64. The summed E-state index contributed by atoms with van der Waals surface area (Å²) in [5.74, 6) is -8.13. The smallest absolute Gasteiger partial charge is 0.410 e. The molecule has 4 aromatic carbocycles. The maximum atomic E-state index is 15.1. The van der Waals surface area contributed by atoms with E-state index in [9.17, 15) is 42.3 Å². The Morgan fingerprint density at radius 1 is 0.779 bits per heavy atom. The topological polar surface area (TPSA) is 318 Å². The quantitative estimate of drug-likeness (QED) is 0.0199. The third kappa shape index (κ3) is 17.7. The number of alkyl carbamates (subject to hydrolysis) is 1. The second-order valence-corrected chi connectivity index (χ2v) is 25.6. The van der Waals surface area contributed by atoms with Crippen LogP contribution in [0.15, 0.2) is 88.8 Å².